The van der Waals surface area contributed by atoms with Crippen molar-refractivity contribution < 1.29 is 24.0 Å². The first kappa shape index (κ1) is 20.7. The average Bonchev–Trinajstić information content (AvgIpc) is 3.15. The molecule has 10 nitrogen and oxygen atoms in total. The van der Waals surface area contributed by atoms with E-state index in [9.17, 15) is 19.5 Å². The lowest BCUT2D eigenvalue weighted by Gasteiger charge is -2.25. The van der Waals surface area contributed by atoms with Crippen molar-refractivity contribution in [2.45, 2.75) is 57.8 Å². The lowest BCUT2D eigenvalue weighted by atomic mass is 10.2. The van der Waals surface area contributed by atoms with Gasteiger partial charge in [-0.25, -0.2) is 9.89 Å². The number of hydrogen-bond donors (Lipinski definition) is 3. The summed E-state index contributed by atoms with van der Waals surface area (Å²) in [6, 6.07) is 0.171. The zero-order chi connectivity index (χ0) is 22.6. The molecule has 2 aromatic heterocycles. The predicted octanol–water partition coefficient (Wildman–Crippen LogP) is 0.182. The Morgan fingerprint density at radius 1 is 1.41 bits per heavy atom. The highest BCUT2D eigenvalue weighted by Gasteiger charge is 2.41. The first-order valence-electron chi connectivity index (χ1n) is 11.1. The van der Waals surface area contributed by atoms with Crippen LogP contribution in [-0.2, 0) is 16.1 Å². The number of nitrogens with zero attached hydrogens (tertiary/aromatic N) is 3. The number of hydrogen-bond acceptors (Lipinski definition) is 5. The van der Waals surface area contributed by atoms with Crippen molar-refractivity contribution in [3.63, 3.8) is 0 Å². The number of amides is 2. The Morgan fingerprint density at radius 3 is 2.81 bits per heavy atom. The van der Waals surface area contributed by atoms with Crippen LogP contribution in [-0.4, -0.2) is 62.8 Å². The Balaban J connectivity index is 1.53. The third-order valence-electron chi connectivity index (χ3n) is 6.25. The molecule has 2 aromatic rings. The predicted molar refractivity (Wildman–Crippen MR) is 114 cm³/mol. The summed E-state index contributed by atoms with van der Waals surface area (Å²) >= 11 is 0. The van der Waals surface area contributed by atoms with Crippen LogP contribution in [0.25, 0.3) is 11.7 Å². The molecule has 0 radical (unpaired) electrons. The second-order valence-corrected chi connectivity index (χ2v) is 9.31. The molecule has 170 valence electrons. The fourth-order valence-electron chi connectivity index (χ4n) is 4.53. The lowest BCUT2D eigenvalue weighted by molar-refractivity contribution is -0.686. The van der Waals surface area contributed by atoms with E-state index in [0.29, 0.717) is 30.9 Å². The Morgan fingerprint density at radius 2 is 2.19 bits per heavy atom. The summed E-state index contributed by atoms with van der Waals surface area (Å²) in [7, 11) is 0. The normalized spacial score (nSPS) is 22.5. The maximum Gasteiger partial charge on any atom is 0.378 e. The van der Waals surface area contributed by atoms with Crippen LogP contribution in [0.3, 0.4) is 0 Å². The minimum absolute atomic E-state index is 0.0555. The third-order valence-corrected chi connectivity index (χ3v) is 6.25. The van der Waals surface area contributed by atoms with Gasteiger partial charge in [-0.1, -0.05) is 18.4 Å². The Kier molecular flexibility index (Phi) is 5.04. The number of ether oxygens (including phenoxy) is 1. The van der Waals surface area contributed by atoms with Crippen LogP contribution >= 0.6 is 0 Å². The van der Waals surface area contributed by atoms with E-state index in [2.05, 4.69) is 10.4 Å². The standard InChI is InChI=1S/C22H27N5O5/c1-12(2)9-26-20-13(3-6-17(28)25-10-16-7-15(25)11-32-16)8-23-27(20)22(31)18(21(26)30)19(29)24-14-4-5-14/h3,6,8,12,14-16H,4-5,7,9-11H2,1-2H3,(H2,24,29,30,31)/p+1/b6-3+/t15-,16-/m0/s1. The number of carbonyl (C=O) groups excluding carboxylic acids is 2. The van der Waals surface area contributed by atoms with E-state index < -0.39 is 11.5 Å². The van der Waals surface area contributed by atoms with Gasteiger partial charge in [0, 0.05) is 18.7 Å². The maximum absolute atomic E-state index is 13.1. The fraction of sp³-hybridized carbons (Fsp3) is 0.545. The topological polar surface area (TPSA) is 120 Å². The van der Waals surface area contributed by atoms with Crippen molar-refractivity contribution >= 4 is 23.5 Å². The minimum Gasteiger partial charge on any atom is -0.477 e. The number of aromatic amines is 1. The van der Waals surface area contributed by atoms with Gasteiger partial charge < -0.3 is 20.1 Å². The van der Waals surface area contributed by atoms with Crippen LogP contribution in [0.15, 0.2) is 17.1 Å². The number of morpholine rings is 1. The molecule has 4 heterocycles. The highest BCUT2D eigenvalue weighted by Crippen LogP contribution is 2.28. The molecule has 5 rings (SSSR count). The molecule has 0 unspecified atom stereocenters. The molecule has 2 bridgehead atoms. The van der Waals surface area contributed by atoms with Crippen LogP contribution in [0.2, 0.25) is 0 Å². The summed E-state index contributed by atoms with van der Waals surface area (Å²) in [5.74, 6) is -0.908. The van der Waals surface area contributed by atoms with E-state index >= 15 is 0 Å². The van der Waals surface area contributed by atoms with Crippen LogP contribution < -0.4 is 15.4 Å². The van der Waals surface area contributed by atoms with Crippen LogP contribution in [0.1, 0.15) is 49.0 Å². The summed E-state index contributed by atoms with van der Waals surface area (Å²) in [5, 5.41) is 16.6. The van der Waals surface area contributed by atoms with Gasteiger partial charge in [-0.05, 0) is 31.3 Å². The van der Waals surface area contributed by atoms with Crippen LogP contribution in [0.5, 0.6) is 5.88 Å². The van der Waals surface area contributed by atoms with Crippen LogP contribution in [0.4, 0.5) is 0 Å². The van der Waals surface area contributed by atoms with Gasteiger partial charge in [-0.3, -0.25) is 9.59 Å². The molecular weight excluding hydrogens is 414 g/mol. The number of rotatable bonds is 6. The fourth-order valence-corrected chi connectivity index (χ4v) is 4.53. The number of fused-ring (bicyclic) bond motifs is 3. The van der Waals surface area contributed by atoms with Gasteiger partial charge in [-0.2, -0.15) is 4.57 Å². The van der Waals surface area contributed by atoms with E-state index in [-0.39, 0.29) is 41.5 Å². The molecular formula is C22H28N5O5+. The molecule has 3 N–H and O–H groups in total. The molecule has 1 saturated carbocycles. The molecule has 3 aliphatic rings. The first-order chi connectivity index (χ1) is 15.3. The molecule has 1 aliphatic carbocycles. The van der Waals surface area contributed by atoms with Gasteiger partial charge in [-0.15, -0.1) is 0 Å². The summed E-state index contributed by atoms with van der Waals surface area (Å²) < 4.78 is 8.36. The molecule has 3 fully saturated rings. The van der Waals surface area contributed by atoms with Gasteiger partial charge in [0.1, 0.15) is 0 Å². The number of carbonyl (C=O) groups is 2. The van der Waals surface area contributed by atoms with Gasteiger partial charge in [0.15, 0.2) is 0 Å². The molecule has 10 heteroatoms. The molecule has 0 aromatic carbocycles. The first-order valence-corrected chi connectivity index (χ1v) is 11.1. The van der Waals surface area contributed by atoms with E-state index in [4.69, 9.17) is 4.74 Å². The van der Waals surface area contributed by atoms with Crippen molar-refractivity contribution in [2.75, 3.05) is 13.2 Å². The number of aromatic nitrogens is 3. The second-order valence-electron chi connectivity index (χ2n) is 9.31. The monoisotopic (exact) mass is 442 g/mol. The highest BCUT2D eigenvalue weighted by atomic mass is 16.5. The van der Waals surface area contributed by atoms with E-state index in [1.807, 2.05) is 18.7 Å². The summed E-state index contributed by atoms with van der Waals surface area (Å²) in [4.78, 5) is 40.2. The van der Waals surface area contributed by atoms with E-state index in [1.165, 1.54) is 10.6 Å². The number of nitrogens with one attached hydrogen (secondary N) is 2. The van der Waals surface area contributed by atoms with Gasteiger partial charge in [0.25, 0.3) is 5.91 Å². The summed E-state index contributed by atoms with van der Waals surface area (Å²) in [5.41, 5.74) is 0.0629. The molecule has 0 spiro atoms. The average molecular weight is 442 g/mol. The van der Waals surface area contributed by atoms with Gasteiger partial charge in [0.2, 0.25) is 11.5 Å². The quantitative estimate of drug-likeness (QED) is 0.436. The van der Waals surface area contributed by atoms with Crippen molar-refractivity contribution in [3.8, 4) is 5.88 Å². The smallest absolute Gasteiger partial charge is 0.378 e. The van der Waals surface area contributed by atoms with Crippen molar-refractivity contribution in [1.29, 1.82) is 0 Å². The van der Waals surface area contributed by atoms with Crippen molar-refractivity contribution in [2.24, 2.45) is 5.92 Å². The SMILES string of the molecule is CC(C)C[n+]1c(O)c(C(=O)NC2CC2)c(=O)n2[nH]cc(/C=C/C(=O)N3C[C@@H]4C[C@H]3CO4)c21. The van der Waals surface area contributed by atoms with E-state index in [0.717, 1.165) is 19.3 Å². The third kappa shape index (κ3) is 3.58. The molecule has 2 atom stereocenters. The Labute approximate surface area is 184 Å². The maximum atomic E-state index is 13.1. The molecule has 32 heavy (non-hydrogen) atoms. The molecule has 2 saturated heterocycles. The minimum atomic E-state index is -0.629. The van der Waals surface area contributed by atoms with E-state index in [1.54, 1.807) is 16.8 Å². The number of aromatic hydroxyl groups is 1. The second kappa shape index (κ2) is 7.77. The van der Waals surface area contributed by atoms with Crippen molar-refractivity contribution in [1.82, 2.24) is 19.8 Å². The molecule has 2 aliphatic heterocycles. The van der Waals surface area contributed by atoms with Gasteiger partial charge in [0.05, 0.1) is 37.1 Å². The Hall–Kier alpha value is -3.14. The Bertz CT molecular complexity index is 1180. The molecule has 2 amide bonds. The highest BCUT2D eigenvalue weighted by molar-refractivity contribution is 5.96. The summed E-state index contributed by atoms with van der Waals surface area (Å²) in [6.07, 6.45) is 7.46. The zero-order valence-corrected chi connectivity index (χ0v) is 18.2. The van der Waals surface area contributed by atoms with Gasteiger partial charge >= 0.3 is 17.1 Å². The largest absolute Gasteiger partial charge is 0.477 e. The lowest BCUT2D eigenvalue weighted by Crippen LogP contribution is -2.46. The number of H-pyrrole nitrogens is 1. The number of likely N-dealkylation sites (tertiary alicyclic amines) is 1. The summed E-state index contributed by atoms with van der Waals surface area (Å²) in [6.45, 7) is 5.51. The zero-order valence-electron chi connectivity index (χ0n) is 18.2. The van der Waals surface area contributed by atoms with Crippen LogP contribution in [0, 0.1) is 5.92 Å². The van der Waals surface area contributed by atoms with Crippen molar-refractivity contribution in [3.05, 3.63) is 33.8 Å².